The van der Waals surface area contributed by atoms with Crippen molar-refractivity contribution in [2.45, 2.75) is 112 Å². The molecule has 0 bridgehead atoms. The lowest BCUT2D eigenvalue weighted by atomic mass is 9.82. The van der Waals surface area contributed by atoms with Crippen LogP contribution >= 0.6 is 11.8 Å². The van der Waals surface area contributed by atoms with Crippen molar-refractivity contribution in [3.05, 3.63) is 0 Å². The molecule has 5 unspecified atom stereocenters. The lowest BCUT2D eigenvalue weighted by Gasteiger charge is -2.38. The normalized spacial score (nSPS) is 39.0. The Morgan fingerprint density at radius 1 is 1.07 bits per heavy atom. The number of rotatable bonds is 6. The first-order valence-electron chi connectivity index (χ1n) is 12.8. The zero-order valence-electron chi connectivity index (χ0n) is 18.6. The van der Waals surface area contributed by atoms with E-state index < -0.39 is 0 Å². The van der Waals surface area contributed by atoms with Crippen LogP contribution in [0.5, 0.6) is 0 Å². The number of nitrogens with zero attached hydrogens (tertiary/aromatic N) is 1. The molecular weight excluding hydrogens is 392 g/mol. The second-order valence-electron chi connectivity index (χ2n) is 10.9. The molecule has 0 spiro atoms. The summed E-state index contributed by atoms with van der Waals surface area (Å²) < 4.78 is 0. The van der Waals surface area contributed by atoms with Gasteiger partial charge in [0.25, 0.3) is 0 Å². The maximum atomic E-state index is 13.2. The van der Waals surface area contributed by atoms with Gasteiger partial charge in [-0.3, -0.25) is 4.79 Å². The SMILES string of the molecule is NC1CCN(C(=O)C2CC3CCCCC3N2)CC1SCNC1(C2CCCCC2)CC1. The third-order valence-electron chi connectivity index (χ3n) is 8.98. The van der Waals surface area contributed by atoms with Gasteiger partial charge in [0, 0.05) is 41.8 Å². The molecule has 5 fully saturated rings. The Morgan fingerprint density at radius 3 is 2.60 bits per heavy atom. The molecule has 30 heavy (non-hydrogen) atoms. The van der Waals surface area contributed by atoms with Crippen LogP contribution in [0.15, 0.2) is 0 Å². The average molecular weight is 435 g/mol. The van der Waals surface area contributed by atoms with Gasteiger partial charge in [-0.05, 0) is 63.2 Å². The van der Waals surface area contributed by atoms with E-state index in [2.05, 4.69) is 15.5 Å². The van der Waals surface area contributed by atoms with E-state index in [4.69, 9.17) is 5.73 Å². The molecule has 1 amide bonds. The highest BCUT2D eigenvalue weighted by Gasteiger charge is 2.48. The topological polar surface area (TPSA) is 70.4 Å². The minimum atomic E-state index is 0.0530. The highest BCUT2D eigenvalue weighted by molar-refractivity contribution is 7.99. The predicted octanol–water partition coefficient (Wildman–Crippen LogP) is 3.23. The van der Waals surface area contributed by atoms with Crippen molar-refractivity contribution in [1.82, 2.24) is 15.5 Å². The summed E-state index contributed by atoms with van der Waals surface area (Å²) in [6, 6.07) is 0.852. The maximum Gasteiger partial charge on any atom is 0.239 e. The molecule has 0 aromatic carbocycles. The van der Waals surface area contributed by atoms with Crippen molar-refractivity contribution in [2.75, 3.05) is 19.0 Å². The van der Waals surface area contributed by atoms with Crippen LogP contribution in [-0.4, -0.2) is 58.7 Å². The van der Waals surface area contributed by atoms with Crippen LogP contribution in [0.25, 0.3) is 0 Å². The molecule has 3 saturated carbocycles. The summed E-state index contributed by atoms with van der Waals surface area (Å²) in [5.41, 5.74) is 6.93. The van der Waals surface area contributed by atoms with E-state index in [0.29, 0.717) is 22.7 Å². The lowest BCUT2D eigenvalue weighted by Crippen LogP contribution is -2.55. The molecule has 4 N–H and O–H groups in total. The molecule has 170 valence electrons. The van der Waals surface area contributed by atoms with Crippen molar-refractivity contribution in [3.8, 4) is 0 Å². The Kier molecular flexibility index (Phi) is 6.67. The van der Waals surface area contributed by atoms with Gasteiger partial charge in [-0.25, -0.2) is 0 Å². The molecule has 2 heterocycles. The Labute approximate surface area is 187 Å². The van der Waals surface area contributed by atoms with Gasteiger partial charge < -0.3 is 21.3 Å². The number of amides is 1. The molecular formula is C24H42N4OS. The highest BCUT2D eigenvalue weighted by Crippen LogP contribution is 2.48. The second-order valence-corrected chi connectivity index (χ2v) is 12.1. The molecule has 2 saturated heterocycles. The van der Waals surface area contributed by atoms with Gasteiger partial charge in [0.05, 0.1) is 6.04 Å². The molecule has 5 nitrogen and oxygen atoms in total. The Bertz CT molecular complexity index is 592. The van der Waals surface area contributed by atoms with Gasteiger partial charge in [-0.15, -0.1) is 11.8 Å². The maximum absolute atomic E-state index is 13.2. The van der Waals surface area contributed by atoms with Gasteiger partial charge in [-0.2, -0.15) is 0 Å². The third kappa shape index (κ3) is 4.57. The number of carbonyl (C=O) groups is 1. The number of fused-ring (bicyclic) bond motifs is 1. The van der Waals surface area contributed by atoms with E-state index in [-0.39, 0.29) is 12.1 Å². The molecule has 5 rings (SSSR count). The van der Waals surface area contributed by atoms with Crippen molar-refractivity contribution in [3.63, 3.8) is 0 Å². The zero-order valence-corrected chi connectivity index (χ0v) is 19.4. The van der Waals surface area contributed by atoms with Crippen LogP contribution in [0.3, 0.4) is 0 Å². The number of carbonyl (C=O) groups excluding carboxylic acids is 1. The summed E-state index contributed by atoms with van der Waals surface area (Å²) in [5.74, 6) is 2.95. The Morgan fingerprint density at radius 2 is 1.83 bits per heavy atom. The van der Waals surface area contributed by atoms with E-state index >= 15 is 0 Å². The first-order valence-corrected chi connectivity index (χ1v) is 13.9. The van der Waals surface area contributed by atoms with Crippen molar-refractivity contribution < 1.29 is 4.79 Å². The van der Waals surface area contributed by atoms with Gasteiger partial charge >= 0.3 is 0 Å². The van der Waals surface area contributed by atoms with Crippen molar-refractivity contribution in [1.29, 1.82) is 0 Å². The summed E-state index contributed by atoms with van der Waals surface area (Å²) in [7, 11) is 0. The second kappa shape index (κ2) is 9.29. The molecule has 3 aliphatic carbocycles. The largest absolute Gasteiger partial charge is 0.340 e. The Balaban J connectivity index is 1.10. The molecule has 2 aliphatic heterocycles. The fourth-order valence-corrected chi connectivity index (χ4v) is 8.11. The highest BCUT2D eigenvalue weighted by atomic mass is 32.2. The number of likely N-dealkylation sites (tertiary alicyclic amines) is 1. The fourth-order valence-electron chi connectivity index (χ4n) is 6.85. The number of nitrogens with one attached hydrogen (secondary N) is 2. The molecule has 0 aromatic heterocycles. The average Bonchev–Trinajstić information content (AvgIpc) is 3.44. The van der Waals surface area contributed by atoms with E-state index in [1.807, 2.05) is 11.8 Å². The minimum Gasteiger partial charge on any atom is -0.340 e. The van der Waals surface area contributed by atoms with Gasteiger partial charge in [0.2, 0.25) is 5.91 Å². The summed E-state index contributed by atoms with van der Waals surface area (Å²) in [6.07, 6.45) is 17.0. The molecule has 0 aromatic rings. The number of hydrogen-bond acceptors (Lipinski definition) is 5. The molecule has 5 aliphatic rings. The monoisotopic (exact) mass is 434 g/mol. The van der Waals surface area contributed by atoms with E-state index in [0.717, 1.165) is 43.6 Å². The van der Waals surface area contributed by atoms with Crippen LogP contribution in [0.4, 0.5) is 0 Å². The van der Waals surface area contributed by atoms with E-state index in [1.165, 1.54) is 70.6 Å². The van der Waals surface area contributed by atoms with Crippen molar-refractivity contribution >= 4 is 17.7 Å². The summed E-state index contributed by atoms with van der Waals surface area (Å²) in [6.45, 7) is 1.67. The number of thioether (sulfide) groups is 1. The summed E-state index contributed by atoms with van der Waals surface area (Å²) >= 11 is 1.97. The van der Waals surface area contributed by atoms with Crippen molar-refractivity contribution in [2.24, 2.45) is 17.6 Å². The van der Waals surface area contributed by atoms with Crippen LogP contribution in [-0.2, 0) is 4.79 Å². The first kappa shape index (κ1) is 21.5. The first-order chi connectivity index (χ1) is 14.6. The zero-order chi connectivity index (χ0) is 20.6. The lowest BCUT2D eigenvalue weighted by molar-refractivity contribution is -0.134. The standard InChI is InChI=1S/C24H42N4OS/c25-19-10-13-28(23(29)21-14-17-6-4-5-9-20(17)27-21)15-22(19)30-16-26-24(11-12-24)18-7-2-1-3-8-18/h17-22,26-27H,1-16,25H2. The van der Waals surface area contributed by atoms with Crippen LogP contribution in [0.2, 0.25) is 0 Å². The minimum absolute atomic E-state index is 0.0530. The van der Waals surface area contributed by atoms with Gasteiger partial charge in [0.15, 0.2) is 0 Å². The van der Waals surface area contributed by atoms with Gasteiger partial charge in [-0.1, -0.05) is 32.1 Å². The van der Waals surface area contributed by atoms with Crippen LogP contribution in [0, 0.1) is 11.8 Å². The smallest absolute Gasteiger partial charge is 0.239 e. The summed E-state index contributed by atoms with van der Waals surface area (Å²) in [4.78, 5) is 15.4. The molecule has 5 atom stereocenters. The van der Waals surface area contributed by atoms with Crippen LogP contribution < -0.4 is 16.4 Å². The van der Waals surface area contributed by atoms with Crippen LogP contribution in [0.1, 0.15) is 83.5 Å². The van der Waals surface area contributed by atoms with E-state index in [1.54, 1.807) is 0 Å². The molecule has 6 heteroatoms. The van der Waals surface area contributed by atoms with Gasteiger partial charge in [0.1, 0.15) is 0 Å². The van der Waals surface area contributed by atoms with E-state index in [9.17, 15) is 4.79 Å². The third-order valence-corrected chi connectivity index (χ3v) is 10.2. The summed E-state index contributed by atoms with van der Waals surface area (Å²) in [5, 5.41) is 7.98. The fraction of sp³-hybridized carbons (Fsp3) is 0.958. The number of nitrogens with two attached hydrogens (primary N) is 1. The molecule has 0 radical (unpaired) electrons. The number of piperidine rings is 1. The Hall–Kier alpha value is -0.300. The number of hydrogen-bond donors (Lipinski definition) is 3. The quantitative estimate of drug-likeness (QED) is 0.560. The predicted molar refractivity (Wildman–Crippen MR) is 124 cm³/mol.